The maximum absolute atomic E-state index is 11.0. The number of rotatable bonds is 1. The van der Waals surface area contributed by atoms with E-state index >= 15 is 0 Å². The summed E-state index contributed by atoms with van der Waals surface area (Å²) < 4.78 is 0. The topological polar surface area (TPSA) is 37.3 Å². The van der Waals surface area contributed by atoms with Crippen LogP contribution in [0.25, 0.3) is 0 Å². The molecule has 0 heterocycles. The molecule has 1 aliphatic rings. The van der Waals surface area contributed by atoms with E-state index in [-0.39, 0.29) is 17.8 Å². The summed E-state index contributed by atoms with van der Waals surface area (Å²) in [6.45, 7) is 1.58. The predicted molar refractivity (Wildman–Crippen MR) is 43.3 cm³/mol. The van der Waals surface area contributed by atoms with Crippen molar-refractivity contribution in [3.05, 3.63) is 0 Å². The molecule has 0 radical (unpaired) electrons. The average Bonchev–Trinajstić information content (AvgIpc) is 2.13. The molecule has 2 heteroatoms. The first-order valence-corrected chi connectivity index (χ1v) is 4.40. The number of aliphatic hydroxyl groups excluding tert-OH is 1. The van der Waals surface area contributed by atoms with Crippen LogP contribution in [0.2, 0.25) is 0 Å². The number of aliphatic hydroxyl groups is 1. The van der Waals surface area contributed by atoms with Crippen LogP contribution in [0.4, 0.5) is 0 Å². The monoisotopic (exact) mass is 156 g/mol. The molecule has 0 bridgehead atoms. The second kappa shape index (κ2) is 3.86. The number of carbonyl (C=O) groups excluding carboxylic acids is 1. The lowest BCUT2D eigenvalue weighted by Crippen LogP contribution is -2.25. The lowest BCUT2D eigenvalue weighted by Gasteiger charge is -2.16. The highest BCUT2D eigenvalue weighted by Gasteiger charge is 2.24. The van der Waals surface area contributed by atoms with E-state index in [1.165, 1.54) is 6.42 Å². The zero-order valence-electron chi connectivity index (χ0n) is 7.05. The van der Waals surface area contributed by atoms with E-state index in [0.717, 1.165) is 25.7 Å². The molecule has 2 nitrogen and oxygen atoms in total. The summed E-state index contributed by atoms with van der Waals surface area (Å²) in [5, 5.41) is 9.50. The van der Waals surface area contributed by atoms with Gasteiger partial charge < -0.3 is 5.11 Å². The molecule has 1 aliphatic carbocycles. The fourth-order valence-electron chi connectivity index (χ4n) is 1.76. The van der Waals surface area contributed by atoms with Gasteiger partial charge in [-0.05, 0) is 19.8 Å². The first-order chi connectivity index (χ1) is 5.22. The lowest BCUT2D eigenvalue weighted by atomic mass is 9.94. The summed E-state index contributed by atoms with van der Waals surface area (Å²) >= 11 is 0. The van der Waals surface area contributed by atoms with Gasteiger partial charge in [-0.3, -0.25) is 4.79 Å². The number of hydrogen-bond acceptors (Lipinski definition) is 2. The molecule has 1 fully saturated rings. The molecular weight excluding hydrogens is 140 g/mol. The van der Waals surface area contributed by atoms with Gasteiger partial charge in [-0.15, -0.1) is 0 Å². The fraction of sp³-hybridized carbons (Fsp3) is 0.889. The molecule has 0 aromatic rings. The third-order valence-corrected chi connectivity index (χ3v) is 2.50. The molecule has 1 rings (SSSR count). The van der Waals surface area contributed by atoms with Gasteiger partial charge in [0.05, 0.1) is 6.10 Å². The summed E-state index contributed by atoms with van der Waals surface area (Å²) in [5.74, 6) is 0.0805. The molecule has 64 valence electrons. The third kappa shape index (κ3) is 2.29. The van der Waals surface area contributed by atoms with Crippen LogP contribution in [-0.2, 0) is 4.79 Å². The van der Waals surface area contributed by atoms with Gasteiger partial charge in [-0.2, -0.15) is 0 Å². The van der Waals surface area contributed by atoms with Crippen molar-refractivity contribution in [2.45, 2.75) is 45.1 Å². The summed E-state index contributed by atoms with van der Waals surface area (Å²) in [6, 6.07) is 0. The van der Waals surface area contributed by atoms with Gasteiger partial charge in [0.25, 0.3) is 0 Å². The van der Waals surface area contributed by atoms with Gasteiger partial charge in [-0.25, -0.2) is 0 Å². The molecule has 0 aromatic heterocycles. The van der Waals surface area contributed by atoms with Gasteiger partial charge in [-0.1, -0.05) is 19.3 Å². The second-order valence-corrected chi connectivity index (χ2v) is 3.42. The van der Waals surface area contributed by atoms with Gasteiger partial charge in [0.1, 0.15) is 5.78 Å². The highest BCUT2D eigenvalue weighted by molar-refractivity contribution is 5.78. The standard InChI is InChI=1S/C9H16O2/c1-7(10)8-5-3-2-4-6-9(8)11/h8-9,11H,2-6H2,1H3/t8-,9+/m0/s1. The Bertz CT molecular complexity index is 142. The van der Waals surface area contributed by atoms with Crippen LogP contribution in [0.15, 0.2) is 0 Å². The second-order valence-electron chi connectivity index (χ2n) is 3.42. The van der Waals surface area contributed by atoms with E-state index in [0.29, 0.717) is 0 Å². The van der Waals surface area contributed by atoms with Gasteiger partial charge >= 0.3 is 0 Å². The minimum atomic E-state index is -0.366. The van der Waals surface area contributed by atoms with Crippen molar-refractivity contribution in [3.63, 3.8) is 0 Å². The van der Waals surface area contributed by atoms with Crippen molar-refractivity contribution in [2.75, 3.05) is 0 Å². The lowest BCUT2D eigenvalue weighted by molar-refractivity contribution is -0.124. The Morgan fingerprint density at radius 3 is 2.55 bits per heavy atom. The van der Waals surface area contributed by atoms with Crippen LogP contribution in [0.3, 0.4) is 0 Å². The Labute approximate surface area is 67.6 Å². The normalized spacial score (nSPS) is 32.9. The maximum atomic E-state index is 11.0. The largest absolute Gasteiger partial charge is 0.392 e. The van der Waals surface area contributed by atoms with E-state index in [1.807, 2.05) is 0 Å². The molecule has 0 aromatic carbocycles. The smallest absolute Gasteiger partial charge is 0.135 e. The highest BCUT2D eigenvalue weighted by atomic mass is 16.3. The highest BCUT2D eigenvalue weighted by Crippen LogP contribution is 2.23. The van der Waals surface area contributed by atoms with Crippen LogP contribution >= 0.6 is 0 Å². The van der Waals surface area contributed by atoms with Gasteiger partial charge in [0.15, 0.2) is 0 Å². The van der Waals surface area contributed by atoms with E-state index in [1.54, 1.807) is 6.92 Å². The Hall–Kier alpha value is -0.370. The van der Waals surface area contributed by atoms with E-state index in [4.69, 9.17) is 0 Å². The molecule has 2 atom stereocenters. The summed E-state index contributed by atoms with van der Waals surface area (Å²) in [4.78, 5) is 11.0. The van der Waals surface area contributed by atoms with Gasteiger partial charge in [0, 0.05) is 5.92 Å². The minimum absolute atomic E-state index is 0.0718. The molecule has 0 spiro atoms. The fourth-order valence-corrected chi connectivity index (χ4v) is 1.76. The number of hydrogen-bond donors (Lipinski definition) is 1. The number of ketones is 1. The molecule has 0 aliphatic heterocycles. The Kier molecular flexibility index (Phi) is 3.06. The molecule has 0 amide bonds. The molecule has 1 saturated carbocycles. The molecular formula is C9H16O2. The third-order valence-electron chi connectivity index (χ3n) is 2.50. The predicted octanol–water partition coefficient (Wildman–Crippen LogP) is 1.52. The summed E-state index contributed by atoms with van der Waals surface area (Å²) in [5.41, 5.74) is 0. The van der Waals surface area contributed by atoms with E-state index < -0.39 is 0 Å². The summed E-state index contributed by atoms with van der Waals surface area (Å²) in [7, 11) is 0. The average molecular weight is 156 g/mol. The van der Waals surface area contributed by atoms with Crippen molar-refractivity contribution in [1.29, 1.82) is 0 Å². The zero-order valence-corrected chi connectivity index (χ0v) is 7.05. The number of carbonyl (C=O) groups is 1. The number of Topliss-reactive ketones (excluding diaryl/α,β-unsaturated/α-hetero) is 1. The van der Waals surface area contributed by atoms with E-state index in [9.17, 15) is 9.90 Å². The minimum Gasteiger partial charge on any atom is -0.392 e. The van der Waals surface area contributed by atoms with Crippen LogP contribution < -0.4 is 0 Å². The van der Waals surface area contributed by atoms with Crippen molar-refractivity contribution in [3.8, 4) is 0 Å². The van der Waals surface area contributed by atoms with Gasteiger partial charge in [0.2, 0.25) is 0 Å². The van der Waals surface area contributed by atoms with Crippen molar-refractivity contribution < 1.29 is 9.90 Å². The van der Waals surface area contributed by atoms with Crippen LogP contribution in [0, 0.1) is 5.92 Å². The maximum Gasteiger partial charge on any atom is 0.135 e. The van der Waals surface area contributed by atoms with Crippen molar-refractivity contribution >= 4 is 5.78 Å². The Morgan fingerprint density at radius 1 is 1.27 bits per heavy atom. The van der Waals surface area contributed by atoms with Crippen LogP contribution in [-0.4, -0.2) is 17.0 Å². The SMILES string of the molecule is CC(=O)[C@@H]1CCCCC[C@H]1O. The zero-order chi connectivity index (χ0) is 8.27. The Morgan fingerprint density at radius 2 is 1.91 bits per heavy atom. The Balaban J connectivity index is 2.52. The van der Waals surface area contributed by atoms with Crippen molar-refractivity contribution in [1.82, 2.24) is 0 Å². The first kappa shape index (κ1) is 8.72. The molecule has 0 saturated heterocycles. The summed E-state index contributed by atoms with van der Waals surface area (Å²) in [6.07, 6.45) is 4.67. The van der Waals surface area contributed by atoms with Crippen LogP contribution in [0.5, 0.6) is 0 Å². The van der Waals surface area contributed by atoms with Crippen molar-refractivity contribution in [2.24, 2.45) is 5.92 Å². The van der Waals surface area contributed by atoms with Crippen LogP contribution in [0.1, 0.15) is 39.0 Å². The first-order valence-electron chi connectivity index (χ1n) is 4.40. The molecule has 1 N–H and O–H groups in total. The quantitative estimate of drug-likeness (QED) is 0.584. The molecule has 11 heavy (non-hydrogen) atoms. The van der Waals surface area contributed by atoms with E-state index in [2.05, 4.69) is 0 Å². The molecule has 0 unspecified atom stereocenters.